The Balaban J connectivity index is 1.85. The van der Waals surface area contributed by atoms with Gasteiger partial charge in [0.2, 0.25) is 0 Å². The lowest BCUT2D eigenvalue weighted by molar-refractivity contribution is 0.356. The van der Waals surface area contributed by atoms with Crippen LogP contribution in [0.2, 0.25) is 0 Å². The van der Waals surface area contributed by atoms with E-state index in [1.165, 1.54) is 21.2 Å². The normalized spacial score (nSPS) is 14.7. The van der Waals surface area contributed by atoms with E-state index in [0.717, 1.165) is 25.2 Å². The number of ether oxygens (including phenoxy) is 1. The van der Waals surface area contributed by atoms with Crippen LogP contribution in [0, 0.1) is 0 Å². The minimum atomic E-state index is 0.319. The van der Waals surface area contributed by atoms with Crippen LogP contribution in [0.25, 0.3) is 0 Å². The van der Waals surface area contributed by atoms with E-state index >= 15 is 0 Å². The molecule has 0 radical (unpaired) electrons. The van der Waals surface area contributed by atoms with Crippen LogP contribution in [0.3, 0.4) is 0 Å². The van der Waals surface area contributed by atoms with Crippen molar-refractivity contribution in [2.75, 3.05) is 13.7 Å². The molecule has 1 aliphatic heterocycles. The highest BCUT2D eigenvalue weighted by Crippen LogP contribution is 2.30. The average molecular weight is 332 g/mol. The van der Waals surface area contributed by atoms with Gasteiger partial charge < -0.3 is 10.1 Å². The van der Waals surface area contributed by atoms with Crippen LogP contribution < -0.4 is 10.1 Å². The van der Waals surface area contributed by atoms with E-state index in [1.807, 2.05) is 7.05 Å². The molecule has 0 aliphatic carbocycles. The SMILES string of the molecule is CNC(Cc1ccccc1Br)c1ccc2c(c1)CCO2. The van der Waals surface area contributed by atoms with Crippen molar-refractivity contribution in [3.05, 3.63) is 63.6 Å². The summed E-state index contributed by atoms with van der Waals surface area (Å²) in [5.74, 6) is 1.05. The second-order valence-corrected chi connectivity index (χ2v) is 5.96. The van der Waals surface area contributed by atoms with E-state index in [-0.39, 0.29) is 0 Å². The number of halogens is 1. The molecule has 3 heteroatoms. The molecule has 2 nitrogen and oxygen atoms in total. The second kappa shape index (κ2) is 5.98. The van der Waals surface area contributed by atoms with Gasteiger partial charge in [-0.1, -0.05) is 46.3 Å². The topological polar surface area (TPSA) is 21.3 Å². The van der Waals surface area contributed by atoms with Crippen LogP contribution in [0.4, 0.5) is 0 Å². The van der Waals surface area contributed by atoms with Crippen LogP contribution in [0.1, 0.15) is 22.7 Å². The maximum Gasteiger partial charge on any atom is 0.122 e. The summed E-state index contributed by atoms with van der Waals surface area (Å²) in [5.41, 5.74) is 3.98. The monoisotopic (exact) mass is 331 g/mol. The van der Waals surface area contributed by atoms with Crippen molar-refractivity contribution >= 4 is 15.9 Å². The number of likely N-dealkylation sites (N-methyl/N-ethyl adjacent to an activating group) is 1. The minimum absolute atomic E-state index is 0.319. The maximum atomic E-state index is 5.58. The van der Waals surface area contributed by atoms with Gasteiger partial charge in [0, 0.05) is 16.9 Å². The van der Waals surface area contributed by atoms with Gasteiger partial charge in [0.05, 0.1) is 6.61 Å². The molecule has 0 saturated heterocycles. The zero-order chi connectivity index (χ0) is 13.9. The van der Waals surface area contributed by atoms with Crippen molar-refractivity contribution in [1.82, 2.24) is 5.32 Å². The van der Waals surface area contributed by atoms with Gasteiger partial charge in [0.1, 0.15) is 5.75 Å². The Hall–Kier alpha value is -1.32. The summed E-state index contributed by atoms with van der Waals surface area (Å²) in [6.07, 6.45) is 1.99. The Bertz CT molecular complexity index is 612. The summed E-state index contributed by atoms with van der Waals surface area (Å²) >= 11 is 3.63. The molecule has 0 fully saturated rings. The van der Waals surface area contributed by atoms with Crippen molar-refractivity contribution in [2.45, 2.75) is 18.9 Å². The Morgan fingerprint density at radius 2 is 2.10 bits per heavy atom. The first kappa shape index (κ1) is 13.7. The molecule has 0 saturated carbocycles. The van der Waals surface area contributed by atoms with E-state index in [0.29, 0.717) is 6.04 Å². The van der Waals surface area contributed by atoms with Gasteiger partial charge >= 0.3 is 0 Å². The first-order valence-corrected chi connectivity index (χ1v) is 7.73. The predicted molar refractivity (Wildman–Crippen MR) is 85.3 cm³/mol. The molecule has 0 bridgehead atoms. The molecule has 1 aliphatic rings. The Kier molecular flexibility index (Phi) is 4.08. The molecule has 1 heterocycles. The van der Waals surface area contributed by atoms with Crippen LogP contribution in [-0.4, -0.2) is 13.7 Å². The number of benzene rings is 2. The number of rotatable bonds is 4. The van der Waals surface area contributed by atoms with E-state index in [4.69, 9.17) is 4.74 Å². The smallest absolute Gasteiger partial charge is 0.122 e. The Labute approximate surface area is 128 Å². The lowest BCUT2D eigenvalue weighted by Gasteiger charge is -2.18. The van der Waals surface area contributed by atoms with E-state index < -0.39 is 0 Å². The quantitative estimate of drug-likeness (QED) is 0.917. The molecule has 0 amide bonds. The van der Waals surface area contributed by atoms with E-state index in [9.17, 15) is 0 Å². The molecule has 2 aromatic rings. The fourth-order valence-corrected chi connectivity index (χ4v) is 3.14. The number of fused-ring (bicyclic) bond motifs is 1. The molecule has 20 heavy (non-hydrogen) atoms. The Morgan fingerprint density at radius 1 is 1.25 bits per heavy atom. The van der Waals surface area contributed by atoms with Crippen LogP contribution >= 0.6 is 15.9 Å². The summed E-state index contributed by atoms with van der Waals surface area (Å²) < 4.78 is 6.75. The lowest BCUT2D eigenvalue weighted by atomic mass is 9.97. The third-order valence-corrected chi connectivity index (χ3v) is 4.62. The summed E-state index contributed by atoms with van der Waals surface area (Å²) in [5, 5.41) is 3.42. The molecule has 2 aromatic carbocycles. The largest absolute Gasteiger partial charge is 0.493 e. The predicted octanol–water partition coefficient (Wildman–Crippen LogP) is 3.89. The van der Waals surface area contributed by atoms with Gasteiger partial charge in [-0.2, -0.15) is 0 Å². The van der Waals surface area contributed by atoms with Crippen LogP contribution in [0.15, 0.2) is 46.9 Å². The first-order valence-electron chi connectivity index (χ1n) is 6.94. The third kappa shape index (κ3) is 2.74. The summed E-state index contributed by atoms with van der Waals surface area (Å²) in [7, 11) is 2.02. The highest BCUT2D eigenvalue weighted by Gasteiger charge is 2.17. The maximum absolute atomic E-state index is 5.58. The molecule has 3 rings (SSSR count). The molecule has 0 aromatic heterocycles. The molecule has 0 spiro atoms. The fourth-order valence-electron chi connectivity index (χ4n) is 2.69. The highest BCUT2D eigenvalue weighted by molar-refractivity contribution is 9.10. The summed E-state index contributed by atoms with van der Waals surface area (Å²) in [4.78, 5) is 0. The average Bonchev–Trinajstić information content (AvgIpc) is 2.94. The lowest BCUT2D eigenvalue weighted by Crippen LogP contribution is -2.19. The minimum Gasteiger partial charge on any atom is -0.493 e. The number of nitrogens with one attached hydrogen (secondary N) is 1. The third-order valence-electron chi connectivity index (χ3n) is 3.85. The molecule has 1 unspecified atom stereocenters. The van der Waals surface area contributed by atoms with Crippen molar-refractivity contribution in [2.24, 2.45) is 0 Å². The van der Waals surface area contributed by atoms with E-state index in [1.54, 1.807) is 0 Å². The molecular formula is C17H18BrNO. The van der Waals surface area contributed by atoms with Gasteiger partial charge in [-0.3, -0.25) is 0 Å². The summed E-state index contributed by atoms with van der Waals surface area (Å²) in [6.45, 7) is 0.813. The Morgan fingerprint density at radius 3 is 2.90 bits per heavy atom. The zero-order valence-corrected chi connectivity index (χ0v) is 13.1. The fraction of sp³-hybridized carbons (Fsp3) is 0.294. The van der Waals surface area contributed by atoms with Gasteiger partial charge in [-0.15, -0.1) is 0 Å². The van der Waals surface area contributed by atoms with Crippen molar-refractivity contribution in [1.29, 1.82) is 0 Å². The van der Waals surface area contributed by atoms with Crippen molar-refractivity contribution in [3.8, 4) is 5.75 Å². The van der Waals surface area contributed by atoms with Crippen LogP contribution in [-0.2, 0) is 12.8 Å². The van der Waals surface area contributed by atoms with Crippen molar-refractivity contribution in [3.63, 3.8) is 0 Å². The van der Waals surface area contributed by atoms with Gasteiger partial charge in [0.25, 0.3) is 0 Å². The van der Waals surface area contributed by atoms with Crippen molar-refractivity contribution < 1.29 is 4.74 Å². The molecule has 104 valence electrons. The first-order chi connectivity index (χ1) is 9.78. The van der Waals surface area contributed by atoms with E-state index in [2.05, 4.69) is 63.7 Å². The van der Waals surface area contributed by atoms with Gasteiger partial charge in [-0.25, -0.2) is 0 Å². The molecule has 1 atom stereocenters. The summed E-state index contributed by atoms with van der Waals surface area (Å²) in [6, 6.07) is 15.3. The van der Waals surface area contributed by atoms with Gasteiger partial charge in [0.15, 0.2) is 0 Å². The molecular weight excluding hydrogens is 314 g/mol. The standard InChI is InChI=1S/C17H18BrNO/c1-19-16(11-12-4-2-3-5-15(12)18)13-6-7-17-14(10-13)8-9-20-17/h2-7,10,16,19H,8-9,11H2,1H3. The number of hydrogen-bond acceptors (Lipinski definition) is 2. The highest BCUT2D eigenvalue weighted by atomic mass is 79.9. The van der Waals surface area contributed by atoms with Gasteiger partial charge in [-0.05, 0) is 42.3 Å². The number of hydrogen-bond donors (Lipinski definition) is 1. The zero-order valence-electron chi connectivity index (χ0n) is 11.5. The van der Waals surface area contributed by atoms with Crippen LogP contribution in [0.5, 0.6) is 5.75 Å². The second-order valence-electron chi connectivity index (χ2n) is 5.10. The molecule has 1 N–H and O–H groups in total.